The summed E-state index contributed by atoms with van der Waals surface area (Å²) in [6, 6.07) is 0. The highest BCUT2D eigenvalue weighted by atomic mass is 35.5. The van der Waals surface area contributed by atoms with Crippen molar-refractivity contribution in [1.82, 2.24) is 0 Å². The van der Waals surface area contributed by atoms with Crippen LogP contribution in [0.3, 0.4) is 0 Å². The molecule has 0 radical (unpaired) electrons. The molecule has 2 heteroatoms. The molecule has 14 heavy (non-hydrogen) atoms. The van der Waals surface area contributed by atoms with Gasteiger partial charge in [0.05, 0.1) is 0 Å². The molecule has 0 fully saturated rings. The second-order valence-corrected chi connectivity index (χ2v) is 4.47. The fourth-order valence-corrected chi connectivity index (χ4v) is 2.01. The van der Waals surface area contributed by atoms with Gasteiger partial charge in [-0.2, -0.15) is 0 Å². The maximum Gasteiger partial charge on any atom is 0.159 e. The van der Waals surface area contributed by atoms with Crippen molar-refractivity contribution in [2.45, 2.75) is 27.2 Å². The quantitative estimate of drug-likeness (QED) is 0.642. The second kappa shape index (κ2) is 4.79. The lowest BCUT2D eigenvalue weighted by atomic mass is 9.78. The summed E-state index contributed by atoms with van der Waals surface area (Å²) in [6.45, 7) is 6.17. The minimum absolute atomic E-state index is 0.274. The predicted octanol–water partition coefficient (Wildman–Crippen LogP) is 3.34. The number of carbonyl (C=O) groups is 1. The van der Waals surface area contributed by atoms with Crippen LogP contribution >= 0.6 is 11.6 Å². The van der Waals surface area contributed by atoms with E-state index < -0.39 is 0 Å². The van der Waals surface area contributed by atoms with E-state index in [1.807, 2.05) is 19.1 Å². The van der Waals surface area contributed by atoms with Crippen LogP contribution in [-0.2, 0) is 4.79 Å². The minimum atomic E-state index is 0.274. The van der Waals surface area contributed by atoms with E-state index in [1.165, 1.54) is 5.57 Å². The van der Waals surface area contributed by atoms with Crippen LogP contribution in [-0.4, -0.2) is 11.7 Å². The van der Waals surface area contributed by atoms with Gasteiger partial charge in [-0.05, 0) is 29.9 Å². The van der Waals surface area contributed by atoms with Gasteiger partial charge in [-0.15, -0.1) is 11.6 Å². The maximum atomic E-state index is 11.5. The van der Waals surface area contributed by atoms with Crippen LogP contribution in [0.4, 0.5) is 0 Å². The molecule has 1 aliphatic rings. The molecule has 1 atom stereocenters. The third-order valence-electron chi connectivity index (χ3n) is 2.77. The van der Waals surface area contributed by atoms with Crippen molar-refractivity contribution >= 4 is 17.4 Å². The first kappa shape index (κ1) is 11.5. The topological polar surface area (TPSA) is 17.1 Å². The molecule has 0 aromatic carbocycles. The highest BCUT2D eigenvalue weighted by molar-refractivity contribution is 6.19. The summed E-state index contributed by atoms with van der Waals surface area (Å²) >= 11 is 5.70. The van der Waals surface area contributed by atoms with E-state index >= 15 is 0 Å². The third kappa shape index (κ3) is 2.48. The Morgan fingerprint density at radius 2 is 2.29 bits per heavy atom. The number of Topliss-reactive ketones (excluding diaryl/α,β-unsaturated/α-hetero) is 1. The van der Waals surface area contributed by atoms with Crippen LogP contribution in [0.15, 0.2) is 23.3 Å². The molecule has 0 bridgehead atoms. The van der Waals surface area contributed by atoms with Crippen LogP contribution in [0, 0.1) is 11.8 Å². The average Bonchev–Trinajstić information content (AvgIpc) is 2.11. The van der Waals surface area contributed by atoms with E-state index in [1.54, 1.807) is 0 Å². The van der Waals surface area contributed by atoms with E-state index in [-0.39, 0.29) is 5.78 Å². The van der Waals surface area contributed by atoms with E-state index in [9.17, 15) is 4.79 Å². The number of alkyl halides is 1. The first-order valence-corrected chi connectivity index (χ1v) is 5.57. The molecule has 0 amide bonds. The van der Waals surface area contributed by atoms with Crippen molar-refractivity contribution in [2.24, 2.45) is 11.8 Å². The molecule has 1 unspecified atom stereocenters. The Morgan fingerprint density at radius 3 is 2.79 bits per heavy atom. The zero-order valence-electron chi connectivity index (χ0n) is 9.01. The van der Waals surface area contributed by atoms with Gasteiger partial charge in [0.15, 0.2) is 5.78 Å². The molecule has 78 valence electrons. The van der Waals surface area contributed by atoms with Crippen molar-refractivity contribution < 1.29 is 4.79 Å². The van der Waals surface area contributed by atoms with E-state index in [4.69, 9.17) is 11.6 Å². The molecule has 0 saturated heterocycles. The molecule has 1 nitrogen and oxygen atoms in total. The maximum absolute atomic E-state index is 11.5. The monoisotopic (exact) mass is 212 g/mol. The van der Waals surface area contributed by atoms with Crippen molar-refractivity contribution in [3.8, 4) is 0 Å². The van der Waals surface area contributed by atoms with Gasteiger partial charge in [-0.3, -0.25) is 4.79 Å². The predicted molar refractivity (Wildman–Crippen MR) is 60.5 cm³/mol. The lowest BCUT2D eigenvalue weighted by molar-refractivity contribution is -0.116. The van der Waals surface area contributed by atoms with Gasteiger partial charge in [0.2, 0.25) is 0 Å². The Bertz CT molecular complexity index is 287. The van der Waals surface area contributed by atoms with E-state index in [2.05, 4.69) is 13.8 Å². The number of hydrogen-bond acceptors (Lipinski definition) is 1. The summed E-state index contributed by atoms with van der Waals surface area (Å²) in [5.74, 6) is 1.65. The van der Waals surface area contributed by atoms with Gasteiger partial charge in [0.25, 0.3) is 0 Å². The standard InChI is InChI=1S/C12H17ClO/c1-8(2)11-7-12(14)9(3)6-10(11)4-5-13/h4,6,8,11H,5,7H2,1-3H3/b10-4+. The zero-order chi connectivity index (χ0) is 10.7. The first-order valence-electron chi connectivity index (χ1n) is 5.03. The van der Waals surface area contributed by atoms with E-state index in [0.29, 0.717) is 24.1 Å². The second-order valence-electron chi connectivity index (χ2n) is 4.16. The molecule has 1 aliphatic carbocycles. The van der Waals surface area contributed by atoms with Crippen LogP contribution in [0.25, 0.3) is 0 Å². The van der Waals surface area contributed by atoms with Gasteiger partial charge in [0.1, 0.15) is 0 Å². The molecule has 0 spiro atoms. The van der Waals surface area contributed by atoms with Crippen LogP contribution in [0.5, 0.6) is 0 Å². The Labute approximate surface area is 90.8 Å². The number of hydrogen-bond donors (Lipinski definition) is 0. The van der Waals surface area contributed by atoms with Crippen molar-refractivity contribution in [2.75, 3.05) is 5.88 Å². The lowest BCUT2D eigenvalue weighted by Crippen LogP contribution is -2.21. The van der Waals surface area contributed by atoms with E-state index in [0.717, 1.165) is 5.57 Å². The highest BCUT2D eigenvalue weighted by Crippen LogP contribution is 2.31. The summed E-state index contributed by atoms with van der Waals surface area (Å²) in [7, 11) is 0. The lowest BCUT2D eigenvalue weighted by Gasteiger charge is -2.26. The van der Waals surface area contributed by atoms with Crippen LogP contribution in [0.2, 0.25) is 0 Å². The molecule has 0 aliphatic heterocycles. The number of ketones is 1. The third-order valence-corrected chi connectivity index (χ3v) is 2.93. The van der Waals surface area contributed by atoms with Crippen molar-refractivity contribution in [1.29, 1.82) is 0 Å². The minimum Gasteiger partial charge on any atom is -0.295 e. The first-order chi connectivity index (χ1) is 6.56. The van der Waals surface area contributed by atoms with Gasteiger partial charge < -0.3 is 0 Å². The smallest absolute Gasteiger partial charge is 0.159 e. The summed E-state index contributed by atoms with van der Waals surface area (Å²) in [4.78, 5) is 11.5. The van der Waals surface area contributed by atoms with Gasteiger partial charge in [-0.1, -0.05) is 26.0 Å². The summed E-state index contributed by atoms with van der Waals surface area (Å²) in [5.41, 5.74) is 2.09. The summed E-state index contributed by atoms with van der Waals surface area (Å²) in [5, 5.41) is 0. The molecule has 0 heterocycles. The molecular formula is C12H17ClO. The average molecular weight is 213 g/mol. The highest BCUT2D eigenvalue weighted by Gasteiger charge is 2.25. The summed E-state index contributed by atoms with van der Waals surface area (Å²) in [6.07, 6.45) is 4.64. The summed E-state index contributed by atoms with van der Waals surface area (Å²) < 4.78 is 0. The molecular weight excluding hydrogens is 196 g/mol. The fraction of sp³-hybridized carbons (Fsp3) is 0.583. The van der Waals surface area contributed by atoms with Gasteiger partial charge in [0, 0.05) is 12.3 Å². The van der Waals surface area contributed by atoms with Gasteiger partial charge in [-0.25, -0.2) is 0 Å². The Kier molecular flexibility index (Phi) is 3.94. The van der Waals surface area contributed by atoms with Crippen molar-refractivity contribution in [3.63, 3.8) is 0 Å². The molecule has 0 saturated carbocycles. The normalized spacial score (nSPS) is 25.8. The molecule has 0 aromatic heterocycles. The van der Waals surface area contributed by atoms with Crippen molar-refractivity contribution in [3.05, 3.63) is 23.3 Å². The van der Waals surface area contributed by atoms with Crippen LogP contribution < -0.4 is 0 Å². The molecule has 0 aromatic rings. The van der Waals surface area contributed by atoms with Crippen LogP contribution in [0.1, 0.15) is 27.2 Å². The zero-order valence-corrected chi connectivity index (χ0v) is 9.77. The molecule has 0 N–H and O–H groups in total. The number of rotatable bonds is 2. The number of allylic oxidation sites excluding steroid dienone is 4. The number of halogens is 1. The van der Waals surface area contributed by atoms with Gasteiger partial charge >= 0.3 is 0 Å². The Morgan fingerprint density at radius 1 is 1.64 bits per heavy atom. The Hall–Kier alpha value is -0.560. The largest absolute Gasteiger partial charge is 0.295 e. The SMILES string of the molecule is CC1=C/C(=C\CCl)C(C(C)C)CC1=O. The Balaban J connectivity index is 2.98. The molecule has 1 rings (SSSR count). The number of carbonyl (C=O) groups excluding carboxylic acids is 1. The fourth-order valence-electron chi connectivity index (χ4n) is 1.84.